The largest absolute Gasteiger partial charge is 0.481 e. The molecule has 1 aliphatic carbocycles. The minimum absolute atomic E-state index is 0.0255. The SMILES string of the molecule is O=C(O)CCCNC(=O)N[C@H]1CCCc2ccc(F)cc21. The van der Waals surface area contributed by atoms with Gasteiger partial charge in [-0.3, -0.25) is 4.79 Å². The fourth-order valence-electron chi connectivity index (χ4n) is 2.57. The zero-order chi connectivity index (χ0) is 15.2. The molecule has 3 N–H and O–H groups in total. The summed E-state index contributed by atoms with van der Waals surface area (Å²) in [6.45, 7) is 0.306. The summed E-state index contributed by atoms with van der Waals surface area (Å²) in [6.07, 6.45) is 3.03. The molecule has 0 radical (unpaired) electrons. The van der Waals surface area contributed by atoms with Crippen molar-refractivity contribution in [2.75, 3.05) is 6.54 Å². The van der Waals surface area contributed by atoms with Crippen molar-refractivity contribution in [1.29, 1.82) is 0 Å². The van der Waals surface area contributed by atoms with Crippen molar-refractivity contribution in [3.05, 3.63) is 35.1 Å². The van der Waals surface area contributed by atoms with E-state index in [-0.39, 0.29) is 24.3 Å². The molecule has 0 saturated heterocycles. The van der Waals surface area contributed by atoms with Gasteiger partial charge in [0.15, 0.2) is 0 Å². The number of aliphatic carboxylic acids is 1. The number of carboxylic acid groups (broad SMARTS) is 1. The third-order valence-corrected chi connectivity index (χ3v) is 3.58. The smallest absolute Gasteiger partial charge is 0.315 e. The quantitative estimate of drug-likeness (QED) is 0.729. The monoisotopic (exact) mass is 294 g/mol. The first-order valence-corrected chi connectivity index (χ1v) is 7.11. The number of aryl methyl sites for hydroxylation is 1. The number of nitrogens with one attached hydrogen (secondary N) is 2. The number of carbonyl (C=O) groups is 2. The van der Waals surface area contributed by atoms with Crippen LogP contribution in [0.4, 0.5) is 9.18 Å². The highest BCUT2D eigenvalue weighted by molar-refractivity contribution is 5.74. The number of amides is 2. The number of benzene rings is 1. The van der Waals surface area contributed by atoms with Crippen LogP contribution in [0.3, 0.4) is 0 Å². The minimum atomic E-state index is -0.881. The van der Waals surface area contributed by atoms with Crippen molar-refractivity contribution in [2.45, 2.75) is 38.1 Å². The first-order valence-electron chi connectivity index (χ1n) is 7.11. The maximum atomic E-state index is 13.3. The lowest BCUT2D eigenvalue weighted by Crippen LogP contribution is -2.39. The van der Waals surface area contributed by atoms with Gasteiger partial charge in [-0.2, -0.15) is 0 Å². The van der Waals surface area contributed by atoms with Crippen LogP contribution in [0.15, 0.2) is 18.2 Å². The van der Waals surface area contributed by atoms with E-state index in [1.807, 2.05) is 0 Å². The van der Waals surface area contributed by atoms with Crippen molar-refractivity contribution in [3.8, 4) is 0 Å². The molecule has 0 saturated carbocycles. The zero-order valence-corrected chi connectivity index (χ0v) is 11.7. The summed E-state index contributed by atoms with van der Waals surface area (Å²) in [5.74, 6) is -1.18. The van der Waals surface area contributed by atoms with Crippen LogP contribution in [0.5, 0.6) is 0 Å². The summed E-state index contributed by atoms with van der Waals surface area (Å²) >= 11 is 0. The van der Waals surface area contributed by atoms with E-state index in [2.05, 4.69) is 10.6 Å². The lowest BCUT2D eigenvalue weighted by Gasteiger charge is -2.26. The highest BCUT2D eigenvalue weighted by Gasteiger charge is 2.22. The van der Waals surface area contributed by atoms with Gasteiger partial charge in [0, 0.05) is 13.0 Å². The summed E-state index contributed by atoms with van der Waals surface area (Å²) in [6, 6.07) is 4.15. The molecule has 2 rings (SSSR count). The Morgan fingerprint density at radius 3 is 2.95 bits per heavy atom. The normalized spacial score (nSPS) is 16.9. The summed E-state index contributed by atoms with van der Waals surface area (Å²) in [7, 11) is 0. The van der Waals surface area contributed by atoms with Crippen LogP contribution in [0.2, 0.25) is 0 Å². The van der Waals surface area contributed by atoms with Crippen LogP contribution in [0.25, 0.3) is 0 Å². The van der Waals surface area contributed by atoms with Gasteiger partial charge in [0.25, 0.3) is 0 Å². The van der Waals surface area contributed by atoms with Crippen LogP contribution in [0, 0.1) is 5.82 Å². The molecular weight excluding hydrogens is 275 g/mol. The number of fused-ring (bicyclic) bond motifs is 1. The van der Waals surface area contributed by atoms with E-state index in [0.717, 1.165) is 30.4 Å². The molecule has 114 valence electrons. The zero-order valence-electron chi connectivity index (χ0n) is 11.7. The van der Waals surface area contributed by atoms with Gasteiger partial charge in [0.2, 0.25) is 0 Å². The van der Waals surface area contributed by atoms with E-state index in [0.29, 0.717) is 13.0 Å². The Labute approximate surface area is 122 Å². The fourth-order valence-corrected chi connectivity index (χ4v) is 2.57. The van der Waals surface area contributed by atoms with Crippen molar-refractivity contribution in [3.63, 3.8) is 0 Å². The van der Waals surface area contributed by atoms with E-state index in [1.165, 1.54) is 12.1 Å². The lowest BCUT2D eigenvalue weighted by molar-refractivity contribution is -0.137. The second-order valence-electron chi connectivity index (χ2n) is 5.19. The van der Waals surface area contributed by atoms with Crippen molar-refractivity contribution < 1.29 is 19.1 Å². The molecule has 1 aliphatic rings. The molecule has 2 amide bonds. The molecule has 1 aromatic carbocycles. The Hall–Kier alpha value is -2.11. The number of urea groups is 1. The Morgan fingerprint density at radius 1 is 1.38 bits per heavy atom. The highest BCUT2D eigenvalue weighted by atomic mass is 19.1. The van der Waals surface area contributed by atoms with Gasteiger partial charge in [0.05, 0.1) is 6.04 Å². The van der Waals surface area contributed by atoms with E-state index in [4.69, 9.17) is 5.11 Å². The van der Waals surface area contributed by atoms with Gasteiger partial charge in [-0.1, -0.05) is 6.07 Å². The number of hydrogen-bond acceptors (Lipinski definition) is 2. The Morgan fingerprint density at radius 2 is 2.19 bits per heavy atom. The molecule has 0 fully saturated rings. The van der Waals surface area contributed by atoms with Gasteiger partial charge in [-0.25, -0.2) is 9.18 Å². The third-order valence-electron chi connectivity index (χ3n) is 3.58. The predicted molar refractivity (Wildman–Crippen MR) is 75.5 cm³/mol. The van der Waals surface area contributed by atoms with E-state index in [1.54, 1.807) is 6.07 Å². The molecular formula is C15H19FN2O3. The average Bonchev–Trinajstić information content (AvgIpc) is 2.44. The molecule has 0 heterocycles. The Kier molecular flexibility index (Phi) is 5.14. The fraction of sp³-hybridized carbons (Fsp3) is 0.467. The van der Waals surface area contributed by atoms with Crippen LogP contribution < -0.4 is 10.6 Å². The van der Waals surface area contributed by atoms with Gasteiger partial charge in [-0.05, 0) is 48.9 Å². The van der Waals surface area contributed by atoms with Crippen LogP contribution >= 0.6 is 0 Å². The average molecular weight is 294 g/mol. The van der Waals surface area contributed by atoms with Crippen molar-refractivity contribution in [1.82, 2.24) is 10.6 Å². The summed E-state index contributed by atoms with van der Waals surface area (Å²) in [5, 5.41) is 14.0. The topological polar surface area (TPSA) is 78.4 Å². The number of rotatable bonds is 5. The number of carboxylic acids is 1. The van der Waals surface area contributed by atoms with Gasteiger partial charge < -0.3 is 15.7 Å². The summed E-state index contributed by atoms with van der Waals surface area (Å²) in [5.41, 5.74) is 1.90. The van der Waals surface area contributed by atoms with E-state index >= 15 is 0 Å². The Balaban J connectivity index is 1.88. The number of carbonyl (C=O) groups excluding carboxylic acids is 1. The lowest BCUT2D eigenvalue weighted by atomic mass is 9.87. The number of hydrogen-bond donors (Lipinski definition) is 3. The van der Waals surface area contributed by atoms with Crippen molar-refractivity contribution in [2.24, 2.45) is 0 Å². The maximum absolute atomic E-state index is 13.3. The van der Waals surface area contributed by atoms with Crippen LogP contribution in [0.1, 0.15) is 42.9 Å². The first kappa shape index (κ1) is 15.3. The van der Waals surface area contributed by atoms with Gasteiger partial charge in [-0.15, -0.1) is 0 Å². The van der Waals surface area contributed by atoms with Crippen LogP contribution in [-0.2, 0) is 11.2 Å². The Bertz CT molecular complexity index is 534. The first-order chi connectivity index (χ1) is 10.1. The molecule has 6 heteroatoms. The molecule has 21 heavy (non-hydrogen) atoms. The molecule has 0 aromatic heterocycles. The highest BCUT2D eigenvalue weighted by Crippen LogP contribution is 2.30. The molecule has 0 spiro atoms. The standard InChI is InChI=1S/C15H19FN2O3/c16-11-7-6-10-3-1-4-13(12(10)9-11)18-15(21)17-8-2-5-14(19)20/h6-7,9,13H,1-5,8H2,(H,19,20)(H2,17,18,21)/t13-/m0/s1. The summed E-state index contributed by atoms with van der Waals surface area (Å²) < 4.78 is 13.3. The van der Waals surface area contributed by atoms with Gasteiger partial charge >= 0.3 is 12.0 Å². The second kappa shape index (κ2) is 7.06. The maximum Gasteiger partial charge on any atom is 0.315 e. The minimum Gasteiger partial charge on any atom is -0.481 e. The molecule has 1 aromatic rings. The predicted octanol–water partition coefficient (Wildman–Crippen LogP) is 2.37. The summed E-state index contributed by atoms with van der Waals surface area (Å²) in [4.78, 5) is 22.2. The van der Waals surface area contributed by atoms with Crippen molar-refractivity contribution >= 4 is 12.0 Å². The molecule has 0 bridgehead atoms. The molecule has 1 atom stereocenters. The van der Waals surface area contributed by atoms with E-state index in [9.17, 15) is 14.0 Å². The second-order valence-corrected chi connectivity index (χ2v) is 5.19. The van der Waals surface area contributed by atoms with Crippen LogP contribution in [-0.4, -0.2) is 23.7 Å². The van der Waals surface area contributed by atoms with E-state index < -0.39 is 5.97 Å². The molecule has 5 nitrogen and oxygen atoms in total. The third kappa shape index (κ3) is 4.44. The molecule has 0 unspecified atom stereocenters. The molecule has 0 aliphatic heterocycles. The number of halogens is 1. The van der Waals surface area contributed by atoms with Gasteiger partial charge in [0.1, 0.15) is 5.82 Å².